The van der Waals surface area contributed by atoms with E-state index in [9.17, 15) is 4.79 Å². The third-order valence-electron chi connectivity index (χ3n) is 5.50. The number of hydrogen-bond acceptors (Lipinski definition) is 7. The maximum absolute atomic E-state index is 10.7. The Balaban J connectivity index is 1.32. The van der Waals surface area contributed by atoms with Gasteiger partial charge in [0, 0.05) is 42.8 Å². The van der Waals surface area contributed by atoms with Gasteiger partial charge in [0.05, 0.1) is 10.2 Å². The highest BCUT2D eigenvalue weighted by atomic mass is 35.5. The Hall–Kier alpha value is -2.55. The molecule has 0 spiro atoms. The monoisotopic (exact) mass is 475 g/mol. The summed E-state index contributed by atoms with van der Waals surface area (Å²) in [4.78, 5) is 20.3. The Morgan fingerprint density at radius 1 is 1.16 bits per heavy atom. The summed E-state index contributed by atoms with van der Waals surface area (Å²) in [6, 6.07) is 13.6. The first-order valence-electron chi connectivity index (χ1n) is 10.5. The Morgan fingerprint density at radius 3 is 2.59 bits per heavy atom. The first kappa shape index (κ1) is 22.6. The van der Waals surface area contributed by atoms with Crippen LogP contribution >= 0.6 is 22.9 Å². The van der Waals surface area contributed by atoms with Crippen molar-refractivity contribution in [2.45, 2.75) is 25.9 Å². The molecular formula is C23H26ClN3O4S. The Kier molecular flexibility index (Phi) is 7.03. The molecule has 32 heavy (non-hydrogen) atoms. The van der Waals surface area contributed by atoms with E-state index in [1.165, 1.54) is 0 Å². The summed E-state index contributed by atoms with van der Waals surface area (Å²) in [5.41, 5.74) is 0.986. The molecule has 2 aromatic carbocycles. The van der Waals surface area contributed by atoms with Crippen molar-refractivity contribution in [3.8, 4) is 11.5 Å². The lowest BCUT2D eigenvalue weighted by Crippen LogP contribution is -2.57. The van der Waals surface area contributed by atoms with Crippen LogP contribution in [0.1, 0.15) is 13.8 Å². The molecule has 0 bridgehead atoms. The van der Waals surface area contributed by atoms with Crippen molar-refractivity contribution >= 4 is 44.3 Å². The summed E-state index contributed by atoms with van der Waals surface area (Å²) in [6.07, 6.45) is 0. The van der Waals surface area contributed by atoms with Gasteiger partial charge in [-0.05, 0) is 44.2 Å². The molecule has 4 rings (SSSR count). The molecule has 0 amide bonds. The summed E-state index contributed by atoms with van der Waals surface area (Å²) < 4.78 is 12.2. The van der Waals surface area contributed by atoms with Crippen LogP contribution < -0.4 is 14.4 Å². The van der Waals surface area contributed by atoms with E-state index in [4.69, 9.17) is 31.2 Å². The third-order valence-corrected chi connectivity index (χ3v) is 6.81. The zero-order valence-electron chi connectivity index (χ0n) is 18.0. The summed E-state index contributed by atoms with van der Waals surface area (Å²) in [7, 11) is 0. The zero-order valence-corrected chi connectivity index (χ0v) is 19.6. The molecule has 1 aliphatic heterocycles. The fourth-order valence-electron chi connectivity index (χ4n) is 4.04. The molecule has 1 aliphatic rings. The predicted molar refractivity (Wildman–Crippen MR) is 128 cm³/mol. The first-order chi connectivity index (χ1) is 15.4. The van der Waals surface area contributed by atoms with Crippen molar-refractivity contribution in [2.24, 2.45) is 0 Å². The predicted octanol–water partition coefficient (Wildman–Crippen LogP) is 4.39. The Morgan fingerprint density at radius 2 is 1.88 bits per heavy atom. The number of carboxylic acid groups (broad SMARTS) is 1. The number of nitrogens with zero attached hydrogens (tertiary/aromatic N) is 3. The molecule has 9 heteroatoms. The molecule has 170 valence electrons. The molecule has 1 N–H and O–H groups in total. The van der Waals surface area contributed by atoms with Crippen LogP contribution in [0.25, 0.3) is 10.2 Å². The summed E-state index contributed by atoms with van der Waals surface area (Å²) in [5.74, 6) is 0.144. The molecular weight excluding hydrogens is 450 g/mol. The smallest absolute Gasteiger partial charge is 0.341 e. The molecule has 1 saturated heterocycles. The minimum Gasteiger partial charge on any atom is -0.492 e. The van der Waals surface area contributed by atoms with Gasteiger partial charge in [0.15, 0.2) is 11.7 Å². The van der Waals surface area contributed by atoms with Crippen molar-refractivity contribution in [1.82, 2.24) is 9.88 Å². The number of fused-ring (bicyclic) bond motifs is 1. The maximum Gasteiger partial charge on any atom is 0.341 e. The van der Waals surface area contributed by atoms with Crippen LogP contribution in [0.15, 0.2) is 42.5 Å². The fourth-order valence-corrected chi connectivity index (χ4v) is 5.30. The number of carbonyl (C=O) groups is 1. The molecule has 0 saturated carbocycles. The largest absolute Gasteiger partial charge is 0.492 e. The van der Waals surface area contributed by atoms with Crippen molar-refractivity contribution in [1.29, 1.82) is 0 Å². The van der Waals surface area contributed by atoms with E-state index in [-0.39, 0.29) is 6.61 Å². The highest BCUT2D eigenvalue weighted by molar-refractivity contribution is 7.22. The number of rotatable bonds is 8. The minimum atomic E-state index is -1.01. The van der Waals surface area contributed by atoms with E-state index in [1.54, 1.807) is 29.5 Å². The van der Waals surface area contributed by atoms with Crippen LogP contribution in [0, 0.1) is 0 Å². The molecule has 2 atom stereocenters. The van der Waals surface area contributed by atoms with Crippen molar-refractivity contribution in [3.05, 3.63) is 47.5 Å². The van der Waals surface area contributed by atoms with Crippen LogP contribution in [0.2, 0.25) is 5.02 Å². The second-order valence-corrected chi connectivity index (χ2v) is 9.40. The average Bonchev–Trinajstić information content (AvgIpc) is 3.17. The van der Waals surface area contributed by atoms with Gasteiger partial charge in [-0.25, -0.2) is 9.78 Å². The number of halogens is 1. The SMILES string of the molecule is C[C@@H]1CN(c2nc3ccc(Cl)cc3s2)C[C@H](C)N1CCOc1cccc(OCC(=O)O)c1. The van der Waals surface area contributed by atoms with Crippen molar-refractivity contribution in [2.75, 3.05) is 37.7 Å². The van der Waals surface area contributed by atoms with Crippen LogP contribution in [0.5, 0.6) is 11.5 Å². The number of thiazole rings is 1. The van der Waals surface area contributed by atoms with Gasteiger partial charge >= 0.3 is 5.97 Å². The first-order valence-corrected chi connectivity index (χ1v) is 11.7. The van der Waals surface area contributed by atoms with Crippen LogP contribution in [0.4, 0.5) is 5.13 Å². The number of piperazine rings is 1. The molecule has 0 radical (unpaired) electrons. The number of aromatic nitrogens is 1. The van der Waals surface area contributed by atoms with Gasteiger partial charge in [-0.2, -0.15) is 0 Å². The minimum absolute atomic E-state index is 0.350. The Labute approximate surface area is 196 Å². The van der Waals surface area contributed by atoms with Crippen molar-refractivity contribution < 1.29 is 19.4 Å². The van der Waals surface area contributed by atoms with Gasteiger partial charge in [0.1, 0.15) is 18.1 Å². The number of aliphatic carboxylic acids is 1. The van der Waals surface area contributed by atoms with Crippen LogP contribution in [-0.2, 0) is 4.79 Å². The van der Waals surface area contributed by atoms with Gasteiger partial charge in [0.2, 0.25) is 0 Å². The molecule has 3 aromatic rings. The van der Waals surface area contributed by atoms with Crippen LogP contribution in [-0.4, -0.2) is 65.9 Å². The second-order valence-electron chi connectivity index (χ2n) is 7.96. The third kappa shape index (κ3) is 5.43. The van der Waals surface area contributed by atoms with E-state index in [1.807, 2.05) is 24.3 Å². The molecule has 0 unspecified atom stereocenters. The number of benzene rings is 2. The number of anilines is 1. The lowest BCUT2D eigenvalue weighted by molar-refractivity contribution is -0.139. The molecule has 7 nitrogen and oxygen atoms in total. The van der Waals surface area contributed by atoms with E-state index < -0.39 is 5.97 Å². The fraction of sp³-hybridized carbons (Fsp3) is 0.391. The number of ether oxygens (including phenoxy) is 2. The molecule has 1 fully saturated rings. The van der Waals surface area contributed by atoms with E-state index in [0.29, 0.717) is 30.2 Å². The average molecular weight is 476 g/mol. The van der Waals surface area contributed by atoms with Gasteiger partial charge in [-0.3, -0.25) is 4.90 Å². The second kappa shape index (κ2) is 9.94. The highest BCUT2D eigenvalue weighted by Gasteiger charge is 2.30. The van der Waals surface area contributed by atoms with Crippen molar-refractivity contribution in [3.63, 3.8) is 0 Å². The number of carboxylic acids is 1. The summed E-state index contributed by atoms with van der Waals surface area (Å²) in [5, 5.41) is 10.5. The van der Waals surface area contributed by atoms with Gasteiger partial charge in [-0.15, -0.1) is 0 Å². The Bertz CT molecular complexity index is 1080. The van der Waals surface area contributed by atoms with E-state index in [0.717, 1.165) is 40.0 Å². The van der Waals surface area contributed by atoms with Gasteiger partial charge in [-0.1, -0.05) is 29.0 Å². The maximum atomic E-state index is 10.7. The molecule has 2 heterocycles. The topological polar surface area (TPSA) is 75.1 Å². The number of hydrogen-bond donors (Lipinski definition) is 1. The summed E-state index contributed by atoms with van der Waals surface area (Å²) in [6.45, 7) is 7.22. The quantitative estimate of drug-likeness (QED) is 0.517. The van der Waals surface area contributed by atoms with Gasteiger partial charge in [0.25, 0.3) is 0 Å². The zero-order chi connectivity index (χ0) is 22.7. The summed E-state index contributed by atoms with van der Waals surface area (Å²) >= 11 is 7.81. The lowest BCUT2D eigenvalue weighted by Gasteiger charge is -2.44. The van der Waals surface area contributed by atoms with Crippen LogP contribution in [0.3, 0.4) is 0 Å². The van der Waals surface area contributed by atoms with E-state index in [2.05, 4.69) is 23.6 Å². The lowest BCUT2D eigenvalue weighted by atomic mass is 10.1. The van der Waals surface area contributed by atoms with E-state index >= 15 is 0 Å². The standard InChI is InChI=1S/C23H26ClN3O4S/c1-15-12-26(23-25-20-7-6-17(24)10-21(20)32-23)13-16(2)27(15)8-9-30-18-4-3-5-19(11-18)31-14-22(28)29/h3-7,10-11,15-16H,8-9,12-14H2,1-2H3,(H,28,29)/t15-,16+. The normalized spacial score (nSPS) is 19.3. The molecule has 0 aliphatic carbocycles. The molecule has 1 aromatic heterocycles. The highest BCUT2D eigenvalue weighted by Crippen LogP contribution is 2.32. The van der Waals surface area contributed by atoms with Gasteiger partial charge < -0.3 is 19.5 Å².